The van der Waals surface area contributed by atoms with Crippen molar-refractivity contribution in [2.45, 2.75) is 27.7 Å². The van der Waals surface area contributed by atoms with E-state index >= 15 is 0 Å². The van der Waals surface area contributed by atoms with E-state index in [0.29, 0.717) is 0 Å². The van der Waals surface area contributed by atoms with E-state index in [1.54, 1.807) is 13.8 Å². The number of aryl methyl sites for hydroxylation is 2. The van der Waals surface area contributed by atoms with Crippen LogP contribution in [-0.4, -0.2) is 12.5 Å². The number of hydrogen-bond acceptors (Lipinski definition) is 3. The van der Waals surface area contributed by atoms with Gasteiger partial charge in [0.2, 0.25) is 5.91 Å². The highest BCUT2D eigenvalue weighted by Gasteiger charge is 2.28. The maximum Gasteiger partial charge on any atom is 0.242 e. The first-order chi connectivity index (χ1) is 8.27. The van der Waals surface area contributed by atoms with Crippen molar-refractivity contribution in [3.8, 4) is 5.75 Å². The third-order valence-electron chi connectivity index (χ3n) is 2.76. The van der Waals surface area contributed by atoms with Crippen LogP contribution in [0.15, 0.2) is 16.6 Å². The van der Waals surface area contributed by atoms with E-state index in [1.165, 1.54) is 0 Å². The zero-order chi connectivity index (χ0) is 13.9. The van der Waals surface area contributed by atoms with Gasteiger partial charge in [-0.1, -0.05) is 15.9 Å². The van der Waals surface area contributed by atoms with Crippen LogP contribution in [0.2, 0.25) is 0 Å². The molecule has 0 radical (unpaired) electrons. The van der Waals surface area contributed by atoms with Crippen molar-refractivity contribution in [1.82, 2.24) is 5.43 Å². The summed E-state index contributed by atoms with van der Waals surface area (Å²) >= 11 is 3.50. The van der Waals surface area contributed by atoms with Crippen LogP contribution < -0.4 is 16.0 Å². The molecule has 0 bridgehead atoms. The lowest BCUT2D eigenvalue weighted by Gasteiger charge is -2.22. The molecule has 1 rings (SSSR count). The van der Waals surface area contributed by atoms with Crippen LogP contribution >= 0.6 is 15.9 Å². The Kier molecular flexibility index (Phi) is 4.76. The lowest BCUT2D eigenvalue weighted by atomic mass is 9.94. The quantitative estimate of drug-likeness (QED) is 0.510. The van der Waals surface area contributed by atoms with E-state index in [1.807, 2.05) is 26.0 Å². The van der Waals surface area contributed by atoms with Crippen molar-refractivity contribution in [1.29, 1.82) is 0 Å². The molecule has 1 amide bonds. The summed E-state index contributed by atoms with van der Waals surface area (Å²) in [6.07, 6.45) is 0. The molecule has 18 heavy (non-hydrogen) atoms. The molecule has 0 aromatic heterocycles. The number of benzene rings is 1. The highest BCUT2D eigenvalue weighted by atomic mass is 79.9. The number of rotatable bonds is 4. The zero-order valence-corrected chi connectivity index (χ0v) is 12.7. The van der Waals surface area contributed by atoms with E-state index in [2.05, 4.69) is 21.4 Å². The summed E-state index contributed by atoms with van der Waals surface area (Å²) < 4.78 is 6.75. The van der Waals surface area contributed by atoms with E-state index < -0.39 is 5.41 Å². The van der Waals surface area contributed by atoms with Crippen molar-refractivity contribution < 1.29 is 9.53 Å². The lowest BCUT2D eigenvalue weighted by molar-refractivity contribution is -0.130. The Hall–Kier alpha value is -1.07. The van der Waals surface area contributed by atoms with Crippen LogP contribution in [0, 0.1) is 19.3 Å². The highest BCUT2D eigenvalue weighted by molar-refractivity contribution is 9.10. The minimum absolute atomic E-state index is 0.243. The molecule has 0 atom stereocenters. The Morgan fingerprint density at radius 3 is 2.33 bits per heavy atom. The number of nitrogens with two attached hydrogens (primary N) is 1. The Bertz CT molecular complexity index is 435. The van der Waals surface area contributed by atoms with E-state index in [9.17, 15) is 4.79 Å². The third kappa shape index (κ3) is 3.46. The molecule has 0 aliphatic rings. The zero-order valence-electron chi connectivity index (χ0n) is 11.1. The molecule has 1 aromatic carbocycles. The molecule has 5 heteroatoms. The Morgan fingerprint density at radius 1 is 1.39 bits per heavy atom. The average Bonchev–Trinajstić information content (AvgIpc) is 2.32. The summed E-state index contributed by atoms with van der Waals surface area (Å²) in [6, 6.07) is 3.88. The van der Waals surface area contributed by atoms with E-state index in [0.717, 1.165) is 21.3 Å². The maximum atomic E-state index is 11.5. The van der Waals surface area contributed by atoms with Crippen LogP contribution in [0.25, 0.3) is 0 Å². The van der Waals surface area contributed by atoms with Crippen molar-refractivity contribution in [3.05, 3.63) is 27.7 Å². The number of nitrogens with one attached hydrogen (secondary N) is 1. The minimum atomic E-state index is -0.663. The number of carbonyl (C=O) groups excluding carboxylic acids is 1. The number of carbonyl (C=O) groups is 1. The van der Waals surface area contributed by atoms with Gasteiger partial charge in [-0.2, -0.15) is 0 Å². The number of amides is 1. The van der Waals surface area contributed by atoms with Gasteiger partial charge >= 0.3 is 0 Å². The summed E-state index contributed by atoms with van der Waals surface area (Å²) in [7, 11) is 0. The summed E-state index contributed by atoms with van der Waals surface area (Å²) in [5.74, 6) is 5.65. The molecular weight excluding hydrogens is 296 g/mol. The first-order valence-corrected chi connectivity index (χ1v) is 6.48. The van der Waals surface area contributed by atoms with Crippen molar-refractivity contribution in [2.75, 3.05) is 6.61 Å². The van der Waals surface area contributed by atoms with Gasteiger partial charge < -0.3 is 4.74 Å². The van der Waals surface area contributed by atoms with Crippen LogP contribution in [-0.2, 0) is 4.79 Å². The fraction of sp³-hybridized carbons (Fsp3) is 0.462. The number of hydrogen-bond donors (Lipinski definition) is 2. The molecule has 0 fully saturated rings. The standard InChI is InChI=1S/C13H19BrN2O2/c1-8-5-10(6-9(2)11(8)14)18-7-13(3,4)12(17)16-15/h5-6H,7,15H2,1-4H3,(H,16,17). The molecule has 0 heterocycles. The molecular formula is C13H19BrN2O2. The fourth-order valence-corrected chi connectivity index (χ4v) is 1.74. The highest BCUT2D eigenvalue weighted by Crippen LogP contribution is 2.27. The molecule has 0 saturated heterocycles. The second-order valence-corrected chi connectivity index (χ2v) is 5.81. The molecule has 0 unspecified atom stereocenters. The van der Waals surface area contributed by atoms with Gasteiger partial charge in [-0.15, -0.1) is 0 Å². The number of ether oxygens (including phenoxy) is 1. The second-order valence-electron chi connectivity index (χ2n) is 5.02. The van der Waals surface area contributed by atoms with Gasteiger partial charge in [-0.05, 0) is 51.0 Å². The van der Waals surface area contributed by atoms with E-state index in [-0.39, 0.29) is 12.5 Å². The molecule has 0 aliphatic carbocycles. The Labute approximate surface area is 116 Å². The van der Waals surface area contributed by atoms with Crippen LogP contribution in [0.4, 0.5) is 0 Å². The minimum Gasteiger partial charge on any atom is -0.492 e. The summed E-state index contributed by atoms with van der Waals surface area (Å²) in [5, 5.41) is 0. The topological polar surface area (TPSA) is 64.3 Å². The third-order valence-corrected chi connectivity index (χ3v) is 4.01. The summed E-state index contributed by atoms with van der Waals surface area (Å²) in [5.41, 5.74) is 3.69. The van der Waals surface area contributed by atoms with Crippen molar-refractivity contribution in [3.63, 3.8) is 0 Å². The van der Waals surface area contributed by atoms with Gasteiger partial charge in [-0.25, -0.2) is 5.84 Å². The fourth-order valence-electron chi connectivity index (χ4n) is 1.51. The molecule has 0 spiro atoms. The van der Waals surface area contributed by atoms with Gasteiger partial charge in [-0.3, -0.25) is 10.2 Å². The average molecular weight is 315 g/mol. The van der Waals surface area contributed by atoms with Crippen LogP contribution in [0.1, 0.15) is 25.0 Å². The molecule has 1 aromatic rings. The molecule has 0 aliphatic heterocycles. The van der Waals surface area contributed by atoms with Crippen LogP contribution in [0.5, 0.6) is 5.75 Å². The maximum absolute atomic E-state index is 11.5. The molecule has 3 N–H and O–H groups in total. The normalized spacial score (nSPS) is 11.2. The van der Waals surface area contributed by atoms with Crippen LogP contribution in [0.3, 0.4) is 0 Å². The number of halogens is 1. The van der Waals surface area contributed by atoms with Gasteiger partial charge in [0.25, 0.3) is 0 Å². The SMILES string of the molecule is Cc1cc(OCC(C)(C)C(=O)NN)cc(C)c1Br. The van der Waals surface area contributed by atoms with Crippen molar-refractivity contribution >= 4 is 21.8 Å². The predicted octanol–water partition coefficient (Wildman–Crippen LogP) is 2.46. The van der Waals surface area contributed by atoms with Gasteiger partial charge in [0.15, 0.2) is 0 Å². The predicted molar refractivity (Wildman–Crippen MR) is 75.2 cm³/mol. The van der Waals surface area contributed by atoms with Gasteiger partial charge in [0, 0.05) is 4.47 Å². The lowest BCUT2D eigenvalue weighted by Crippen LogP contribution is -2.44. The molecule has 0 saturated carbocycles. The molecule has 100 valence electrons. The van der Waals surface area contributed by atoms with Gasteiger partial charge in [0.1, 0.15) is 12.4 Å². The Morgan fingerprint density at radius 2 is 1.89 bits per heavy atom. The van der Waals surface area contributed by atoms with Gasteiger partial charge in [0.05, 0.1) is 5.41 Å². The first kappa shape index (κ1) is 15.0. The largest absolute Gasteiger partial charge is 0.492 e. The van der Waals surface area contributed by atoms with Crippen molar-refractivity contribution in [2.24, 2.45) is 11.3 Å². The second kappa shape index (κ2) is 5.71. The first-order valence-electron chi connectivity index (χ1n) is 5.68. The smallest absolute Gasteiger partial charge is 0.242 e. The van der Waals surface area contributed by atoms with E-state index in [4.69, 9.17) is 10.6 Å². The Balaban J connectivity index is 2.78. The molecule has 4 nitrogen and oxygen atoms in total. The summed E-state index contributed by atoms with van der Waals surface area (Å²) in [4.78, 5) is 11.5. The number of hydrazine groups is 1. The monoisotopic (exact) mass is 314 g/mol. The summed E-state index contributed by atoms with van der Waals surface area (Å²) in [6.45, 7) is 7.85.